The quantitative estimate of drug-likeness (QED) is 0.607. The molecule has 1 heterocycles. The van der Waals surface area contributed by atoms with Crippen molar-refractivity contribution in [2.75, 3.05) is 6.61 Å². The van der Waals surface area contributed by atoms with Crippen LogP contribution in [0.15, 0.2) is 23.8 Å². The van der Waals surface area contributed by atoms with Gasteiger partial charge in [-0.1, -0.05) is 18.1 Å². The number of ether oxygens (including phenoxy) is 1. The fourth-order valence-electron chi connectivity index (χ4n) is 4.34. The molecule has 0 spiro atoms. The highest BCUT2D eigenvalue weighted by Crippen LogP contribution is 2.53. The molecule has 2 atom stereocenters. The monoisotopic (exact) mass is 330 g/mol. The first kappa shape index (κ1) is 17.3. The zero-order valence-corrected chi connectivity index (χ0v) is 15.1. The van der Waals surface area contributed by atoms with Crippen LogP contribution in [0, 0.1) is 5.92 Å². The number of phenols is 1. The Kier molecular flexibility index (Phi) is 4.91. The molecular weight excluding hydrogens is 300 g/mol. The van der Waals surface area contributed by atoms with Gasteiger partial charge in [0.2, 0.25) is 0 Å². The Morgan fingerprint density at radius 1 is 1.21 bits per heavy atom. The summed E-state index contributed by atoms with van der Waals surface area (Å²) in [5.41, 5.74) is 3.29. The average molecular weight is 330 g/mol. The van der Waals surface area contributed by atoms with Gasteiger partial charge < -0.3 is 14.9 Å². The normalized spacial score (nSPS) is 24.6. The Morgan fingerprint density at radius 3 is 2.75 bits per heavy atom. The maximum absolute atomic E-state index is 10.7. The minimum atomic E-state index is -0.211. The summed E-state index contributed by atoms with van der Waals surface area (Å²) in [5.74, 6) is 1.89. The second-order valence-electron chi connectivity index (χ2n) is 7.95. The molecular formula is C21H30O3. The summed E-state index contributed by atoms with van der Waals surface area (Å²) >= 11 is 0. The van der Waals surface area contributed by atoms with Crippen LogP contribution in [-0.2, 0) is 6.42 Å². The van der Waals surface area contributed by atoms with Crippen LogP contribution in [0.2, 0.25) is 0 Å². The third-order valence-electron chi connectivity index (χ3n) is 5.65. The fraction of sp³-hybridized carbons (Fsp3) is 0.619. The van der Waals surface area contributed by atoms with Gasteiger partial charge in [-0.25, -0.2) is 0 Å². The smallest absolute Gasteiger partial charge is 0.127 e. The second kappa shape index (κ2) is 6.79. The Hall–Kier alpha value is -1.48. The summed E-state index contributed by atoms with van der Waals surface area (Å²) in [6.07, 6.45) is 8.34. The number of aryl methyl sites for hydroxylation is 1. The van der Waals surface area contributed by atoms with Gasteiger partial charge >= 0.3 is 0 Å². The van der Waals surface area contributed by atoms with Crippen LogP contribution < -0.4 is 4.74 Å². The predicted octanol–water partition coefficient (Wildman–Crippen LogP) is 4.71. The molecule has 132 valence electrons. The molecule has 1 aliphatic carbocycles. The molecule has 2 aliphatic rings. The molecule has 3 heteroatoms. The van der Waals surface area contributed by atoms with Gasteiger partial charge in [0.25, 0.3) is 0 Å². The number of benzene rings is 1. The van der Waals surface area contributed by atoms with Crippen molar-refractivity contribution in [3.8, 4) is 11.5 Å². The van der Waals surface area contributed by atoms with Crippen molar-refractivity contribution in [2.45, 2.75) is 70.8 Å². The van der Waals surface area contributed by atoms with Crippen molar-refractivity contribution < 1.29 is 14.9 Å². The molecule has 3 nitrogen and oxygen atoms in total. The van der Waals surface area contributed by atoms with Gasteiger partial charge in [0, 0.05) is 24.0 Å². The van der Waals surface area contributed by atoms with E-state index in [1.165, 1.54) is 5.57 Å². The molecule has 0 bridgehead atoms. The highest BCUT2D eigenvalue weighted by atomic mass is 16.5. The third-order valence-corrected chi connectivity index (χ3v) is 5.65. The van der Waals surface area contributed by atoms with E-state index in [-0.39, 0.29) is 18.1 Å². The number of hydrogen-bond donors (Lipinski definition) is 2. The van der Waals surface area contributed by atoms with Crippen molar-refractivity contribution in [2.24, 2.45) is 5.92 Å². The topological polar surface area (TPSA) is 49.7 Å². The van der Waals surface area contributed by atoms with Gasteiger partial charge in [-0.3, -0.25) is 0 Å². The maximum Gasteiger partial charge on any atom is 0.127 e. The van der Waals surface area contributed by atoms with E-state index in [1.54, 1.807) is 0 Å². The first-order valence-corrected chi connectivity index (χ1v) is 9.25. The van der Waals surface area contributed by atoms with Gasteiger partial charge in [-0.05, 0) is 70.6 Å². The van der Waals surface area contributed by atoms with Crippen LogP contribution in [-0.4, -0.2) is 22.4 Å². The summed E-state index contributed by atoms with van der Waals surface area (Å²) in [4.78, 5) is 0. The lowest BCUT2D eigenvalue weighted by molar-refractivity contribution is 0.0107. The van der Waals surface area contributed by atoms with E-state index in [1.807, 2.05) is 6.07 Å². The standard InChI is InChI=1S/C21H30O3/c1-14-8-9-17-16(11-14)20-18(23)12-15(7-5-4-6-10-22)13-19(20)24-21(17,2)3/h11-13,16-17,22-23H,4-10H2,1-3H3/t16-,17-/m1/s1. The van der Waals surface area contributed by atoms with Crippen molar-refractivity contribution >= 4 is 0 Å². The molecule has 0 saturated carbocycles. The van der Waals surface area contributed by atoms with Gasteiger partial charge in [0.05, 0.1) is 0 Å². The van der Waals surface area contributed by atoms with Crippen LogP contribution in [0.25, 0.3) is 0 Å². The van der Waals surface area contributed by atoms with Crippen LogP contribution in [0.4, 0.5) is 0 Å². The number of aliphatic hydroxyl groups is 1. The Morgan fingerprint density at radius 2 is 2.00 bits per heavy atom. The van der Waals surface area contributed by atoms with Crippen molar-refractivity contribution in [1.29, 1.82) is 0 Å². The van der Waals surface area contributed by atoms with Gasteiger partial charge in [-0.2, -0.15) is 0 Å². The highest BCUT2D eigenvalue weighted by Gasteiger charge is 2.45. The maximum atomic E-state index is 10.7. The molecule has 3 rings (SSSR count). The van der Waals surface area contributed by atoms with E-state index in [0.717, 1.165) is 55.4 Å². The Labute approximate surface area is 145 Å². The number of allylic oxidation sites excluding steroid dienone is 2. The molecule has 0 unspecified atom stereocenters. The van der Waals surface area contributed by atoms with Crippen LogP contribution in [0.3, 0.4) is 0 Å². The van der Waals surface area contributed by atoms with Crippen molar-refractivity contribution in [3.05, 3.63) is 34.9 Å². The minimum Gasteiger partial charge on any atom is -0.507 e. The first-order valence-electron chi connectivity index (χ1n) is 9.25. The van der Waals surface area contributed by atoms with E-state index in [9.17, 15) is 5.11 Å². The largest absolute Gasteiger partial charge is 0.507 e. The molecule has 1 aromatic rings. The molecule has 1 aromatic carbocycles. The number of phenolic OH excluding ortho intramolecular Hbond substituents is 1. The SMILES string of the molecule is CC1=C[C@H]2c3c(O)cc(CCCCCO)cc3OC(C)(C)[C@@H]2CC1. The summed E-state index contributed by atoms with van der Waals surface area (Å²) in [6.45, 7) is 6.78. The molecule has 24 heavy (non-hydrogen) atoms. The second-order valence-corrected chi connectivity index (χ2v) is 7.95. The third kappa shape index (κ3) is 3.32. The van der Waals surface area contributed by atoms with E-state index in [4.69, 9.17) is 9.84 Å². The molecule has 2 N–H and O–H groups in total. The van der Waals surface area contributed by atoms with Gasteiger partial charge in [-0.15, -0.1) is 0 Å². The minimum absolute atomic E-state index is 0.211. The summed E-state index contributed by atoms with van der Waals surface area (Å²) in [7, 11) is 0. The van der Waals surface area contributed by atoms with Crippen LogP contribution in [0.1, 0.15) is 69.9 Å². The summed E-state index contributed by atoms with van der Waals surface area (Å²) in [5, 5.41) is 19.6. The lowest BCUT2D eigenvalue weighted by Crippen LogP contribution is -2.45. The summed E-state index contributed by atoms with van der Waals surface area (Å²) < 4.78 is 6.34. The molecule has 1 aliphatic heterocycles. The number of fused-ring (bicyclic) bond motifs is 3. The lowest BCUT2D eigenvalue weighted by atomic mass is 9.68. The van der Waals surface area contributed by atoms with Gasteiger partial charge in [0.1, 0.15) is 17.1 Å². The fourth-order valence-corrected chi connectivity index (χ4v) is 4.34. The van der Waals surface area contributed by atoms with Crippen LogP contribution >= 0.6 is 0 Å². The lowest BCUT2D eigenvalue weighted by Gasteiger charge is -2.46. The van der Waals surface area contributed by atoms with E-state index in [0.29, 0.717) is 11.7 Å². The van der Waals surface area contributed by atoms with E-state index < -0.39 is 0 Å². The van der Waals surface area contributed by atoms with Crippen molar-refractivity contribution in [1.82, 2.24) is 0 Å². The predicted molar refractivity (Wildman–Crippen MR) is 96.7 cm³/mol. The number of aliphatic hydroxyl groups excluding tert-OH is 1. The van der Waals surface area contributed by atoms with Gasteiger partial charge in [0.15, 0.2) is 0 Å². The zero-order valence-electron chi connectivity index (χ0n) is 15.1. The molecule has 0 radical (unpaired) electrons. The molecule has 0 saturated heterocycles. The van der Waals surface area contributed by atoms with Crippen molar-refractivity contribution in [3.63, 3.8) is 0 Å². The van der Waals surface area contributed by atoms with Crippen LogP contribution in [0.5, 0.6) is 11.5 Å². The average Bonchev–Trinajstić information content (AvgIpc) is 2.50. The number of unbranched alkanes of at least 4 members (excludes halogenated alkanes) is 2. The zero-order chi connectivity index (χ0) is 17.3. The molecule has 0 amide bonds. The molecule has 0 aromatic heterocycles. The highest BCUT2D eigenvalue weighted by molar-refractivity contribution is 5.53. The first-order chi connectivity index (χ1) is 11.4. The van der Waals surface area contributed by atoms with E-state index in [2.05, 4.69) is 32.9 Å². The number of hydrogen-bond acceptors (Lipinski definition) is 3. The molecule has 0 fully saturated rings. The van der Waals surface area contributed by atoms with E-state index >= 15 is 0 Å². The number of rotatable bonds is 5. The number of aromatic hydroxyl groups is 1. The Balaban J connectivity index is 1.91. The Bertz CT molecular complexity index is 630. The summed E-state index contributed by atoms with van der Waals surface area (Å²) in [6, 6.07) is 4.03.